The highest BCUT2D eigenvalue weighted by Crippen LogP contribution is 2.46. The second-order valence-electron chi connectivity index (χ2n) is 8.75. The molecule has 1 aromatic carbocycles. The van der Waals surface area contributed by atoms with E-state index < -0.39 is 67.8 Å². The van der Waals surface area contributed by atoms with Gasteiger partial charge >= 0.3 is 19.4 Å². The lowest BCUT2D eigenvalue weighted by Crippen LogP contribution is -2.47. The molecular formula is C22H30N3O10P. The Kier molecular flexibility index (Phi) is 8.55. The number of ether oxygens (including phenoxy) is 2. The average Bonchev–Trinajstić information content (AvgIpc) is 3.01. The van der Waals surface area contributed by atoms with Crippen molar-refractivity contribution in [3.63, 3.8) is 0 Å². The van der Waals surface area contributed by atoms with E-state index in [0.29, 0.717) is 0 Å². The van der Waals surface area contributed by atoms with E-state index >= 15 is 0 Å². The second kappa shape index (κ2) is 11.1. The number of carbonyl (C=O) groups excluding carboxylic acids is 1. The van der Waals surface area contributed by atoms with Crippen LogP contribution >= 0.6 is 7.75 Å². The van der Waals surface area contributed by atoms with Gasteiger partial charge in [0.2, 0.25) is 0 Å². The first-order chi connectivity index (χ1) is 16.8. The van der Waals surface area contributed by atoms with Gasteiger partial charge in [-0.25, -0.2) is 9.36 Å². The van der Waals surface area contributed by atoms with Gasteiger partial charge in [0, 0.05) is 12.3 Å². The van der Waals surface area contributed by atoms with E-state index in [1.54, 1.807) is 32.0 Å². The topological polar surface area (TPSA) is 178 Å². The summed E-state index contributed by atoms with van der Waals surface area (Å²) in [5, 5.41) is 24.0. The van der Waals surface area contributed by atoms with E-state index in [9.17, 15) is 29.2 Å². The predicted octanol–water partition coefficient (Wildman–Crippen LogP) is 0.679. The first kappa shape index (κ1) is 27.8. The van der Waals surface area contributed by atoms with Crippen LogP contribution in [0.25, 0.3) is 0 Å². The number of rotatable bonds is 10. The highest BCUT2D eigenvalue weighted by molar-refractivity contribution is 7.52. The number of para-hydroxylation sites is 1. The number of nitrogens with one attached hydrogen (secondary N) is 2. The fourth-order valence-electron chi connectivity index (χ4n) is 3.50. The molecule has 14 heteroatoms. The van der Waals surface area contributed by atoms with Crippen molar-refractivity contribution in [3.8, 4) is 5.75 Å². The number of esters is 1. The van der Waals surface area contributed by atoms with Crippen LogP contribution < -0.4 is 20.9 Å². The molecule has 0 radical (unpaired) electrons. The molecule has 6 atom stereocenters. The lowest BCUT2D eigenvalue weighted by Gasteiger charge is -2.27. The summed E-state index contributed by atoms with van der Waals surface area (Å²) < 4.78 is 36.3. The van der Waals surface area contributed by atoms with Gasteiger partial charge in [-0.1, -0.05) is 18.2 Å². The van der Waals surface area contributed by atoms with Crippen LogP contribution in [-0.2, 0) is 23.4 Å². The van der Waals surface area contributed by atoms with Crippen molar-refractivity contribution in [1.82, 2.24) is 14.6 Å². The minimum absolute atomic E-state index is 0.176. The molecule has 2 heterocycles. The van der Waals surface area contributed by atoms with Gasteiger partial charge in [-0.05, 0) is 39.8 Å². The van der Waals surface area contributed by atoms with Gasteiger partial charge in [0.1, 0.15) is 29.6 Å². The van der Waals surface area contributed by atoms with Crippen LogP contribution in [0.4, 0.5) is 0 Å². The first-order valence-electron chi connectivity index (χ1n) is 11.2. The number of aromatic nitrogens is 2. The van der Waals surface area contributed by atoms with Gasteiger partial charge in [0.05, 0.1) is 12.7 Å². The Morgan fingerprint density at radius 2 is 1.92 bits per heavy atom. The minimum Gasteiger partial charge on any atom is -0.462 e. The molecular weight excluding hydrogens is 497 g/mol. The number of aromatic amines is 1. The van der Waals surface area contributed by atoms with Gasteiger partial charge in [-0.2, -0.15) is 5.09 Å². The van der Waals surface area contributed by atoms with E-state index in [0.717, 1.165) is 16.8 Å². The van der Waals surface area contributed by atoms with Crippen molar-refractivity contribution in [2.45, 2.75) is 63.9 Å². The molecule has 0 amide bonds. The highest BCUT2D eigenvalue weighted by atomic mass is 31.2. The van der Waals surface area contributed by atoms with Crippen molar-refractivity contribution in [2.75, 3.05) is 6.61 Å². The fraction of sp³-hybridized carbons (Fsp3) is 0.500. The Morgan fingerprint density at radius 1 is 1.25 bits per heavy atom. The summed E-state index contributed by atoms with van der Waals surface area (Å²) in [6.45, 7) is 5.42. The third-order valence-corrected chi connectivity index (χ3v) is 6.94. The summed E-state index contributed by atoms with van der Waals surface area (Å²) in [7, 11) is -4.26. The van der Waals surface area contributed by atoms with E-state index in [1.807, 2.05) is 4.98 Å². The Hall–Kier alpha value is -2.80. The van der Waals surface area contributed by atoms with Crippen LogP contribution in [0.15, 0.2) is 52.2 Å². The number of hydrogen-bond donors (Lipinski definition) is 4. The summed E-state index contributed by atoms with van der Waals surface area (Å²) in [4.78, 5) is 37.9. The quantitative estimate of drug-likeness (QED) is 0.252. The normalized spacial score (nSPS) is 26.4. The maximum atomic E-state index is 13.6. The lowest BCUT2D eigenvalue weighted by molar-refractivity contribution is -0.149. The molecule has 2 aromatic rings. The minimum atomic E-state index is -4.26. The molecule has 1 saturated heterocycles. The fourth-order valence-corrected chi connectivity index (χ4v) is 5.00. The summed E-state index contributed by atoms with van der Waals surface area (Å²) in [6.07, 6.45) is -3.54. The molecule has 4 N–H and O–H groups in total. The molecule has 1 fully saturated rings. The zero-order chi connectivity index (χ0) is 26.7. The number of hydrogen-bond acceptors (Lipinski definition) is 10. The zero-order valence-electron chi connectivity index (χ0n) is 20.2. The first-order valence-corrected chi connectivity index (χ1v) is 12.7. The molecule has 3 rings (SSSR count). The summed E-state index contributed by atoms with van der Waals surface area (Å²) in [5.41, 5.74) is -3.49. The van der Waals surface area contributed by atoms with Crippen LogP contribution in [0, 0.1) is 0 Å². The zero-order valence-corrected chi connectivity index (χ0v) is 21.1. The molecule has 198 valence electrons. The van der Waals surface area contributed by atoms with Gasteiger partial charge in [-0.3, -0.25) is 23.7 Å². The molecule has 0 saturated carbocycles. The van der Waals surface area contributed by atoms with Gasteiger partial charge in [0.15, 0.2) is 6.23 Å². The van der Waals surface area contributed by atoms with Crippen LogP contribution in [0.1, 0.15) is 33.9 Å². The van der Waals surface area contributed by atoms with E-state index in [1.165, 1.54) is 26.0 Å². The van der Waals surface area contributed by atoms with Crippen LogP contribution in [0.3, 0.4) is 0 Å². The van der Waals surface area contributed by atoms with Crippen molar-refractivity contribution >= 4 is 13.7 Å². The monoisotopic (exact) mass is 527 g/mol. The maximum Gasteiger partial charge on any atom is 0.459 e. The predicted molar refractivity (Wildman–Crippen MR) is 126 cm³/mol. The molecule has 0 bridgehead atoms. The van der Waals surface area contributed by atoms with Gasteiger partial charge < -0.3 is 24.2 Å². The van der Waals surface area contributed by atoms with Crippen molar-refractivity contribution < 1.29 is 38.1 Å². The summed E-state index contributed by atoms with van der Waals surface area (Å²) in [6, 6.07) is 8.02. The maximum absolute atomic E-state index is 13.6. The number of aliphatic hydroxyl groups is 2. The summed E-state index contributed by atoms with van der Waals surface area (Å²) >= 11 is 0. The number of H-pyrrole nitrogens is 1. The number of nitrogens with zero attached hydrogens (tertiary/aromatic N) is 1. The molecule has 1 unspecified atom stereocenters. The van der Waals surface area contributed by atoms with Crippen LogP contribution in [0.5, 0.6) is 5.75 Å². The van der Waals surface area contributed by atoms with Crippen molar-refractivity contribution in [2.24, 2.45) is 0 Å². The van der Waals surface area contributed by atoms with Gasteiger partial charge in [0.25, 0.3) is 5.56 Å². The number of benzene rings is 1. The number of carbonyl (C=O) groups is 1. The number of aliphatic hydroxyl groups excluding tert-OH is 1. The molecule has 1 aliphatic heterocycles. The van der Waals surface area contributed by atoms with Crippen LogP contribution in [-0.4, -0.2) is 62.3 Å². The Balaban J connectivity index is 1.80. The standard InChI is InChI=1S/C22H30N3O10P/c1-13(2)33-19(28)14(3)24-36(31,35-15-8-6-5-7-9-15)32-12-16-18(27)22(4,30)20(34-16)25-11-10-17(26)23-21(25)29/h5-11,13-14,16,18,20,27,30H,12H2,1-4H3,(H,24,31)(H,23,26,29)/t14-,16-,18-,20-,22-,36?/m1/s1. The molecule has 0 spiro atoms. The van der Waals surface area contributed by atoms with Crippen molar-refractivity contribution in [1.29, 1.82) is 0 Å². The molecule has 36 heavy (non-hydrogen) atoms. The van der Waals surface area contributed by atoms with E-state index in [4.69, 9.17) is 18.5 Å². The largest absolute Gasteiger partial charge is 0.462 e. The van der Waals surface area contributed by atoms with Crippen LogP contribution in [0.2, 0.25) is 0 Å². The van der Waals surface area contributed by atoms with E-state index in [-0.39, 0.29) is 5.75 Å². The molecule has 0 aliphatic carbocycles. The average molecular weight is 527 g/mol. The third-order valence-electron chi connectivity index (χ3n) is 5.29. The lowest BCUT2D eigenvalue weighted by atomic mass is 9.96. The van der Waals surface area contributed by atoms with Gasteiger partial charge in [-0.15, -0.1) is 0 Å². The highest BCUT2D eigenvalue weighted by Gasteiger charge is 2.54. The molecule has 13 nitrogen and oxygen atoms in total. The third kappa shape index (κ3) is 6.49. The van der Waals surface area contributed by atoms with E-state index in [2.05, 4.69) is 5.09 Å². The smallest absolute Gasteiger partial charge is 0.459 e. The molecule has 1 aliphatic rings. The summed E-state index contributed by atoms with van der Waals surface area (Å²) in [5.74, 6) is -0.515. The second-order valence-corrected chi connectivity index (χ2v) is 10.4. The molecule has 1 aromatic heterocycles. The van der Waals surface area contributed by atoms with Crippen molar-refractivity contribution in [3.05, 3.63) is 63.4 Å². The SMILES string of the molecule is CC(C)OC(=O)[C@@H](C)NP(=O)(OC[C@H]1O[C@@H](n2ccc(=O)[nH]c2=O)[C@](C)(O)[C@@H]1O)Oc1ccccc1. The Bertz CT molecular complexity index is 1210. The Labute approximate surface area is 206 Å². The Morgan fingerprint density at radius 3 is 2.53 bits per heavy atom.